The predicted octanol–water partition coefficient (Wildman–Crippen LogP) is 3.14. The molecule has 0 saturated carbocycles. The Balaban J connectivity index is 2.23. The molecule has 0 bridgehead atoms. The maximum absolute atomic E-state index is 5.95. The minimum absolute atomic E-state index is 0.489. The average Bonchev–Trinajstić information content (AvgIpc) is 2.51. The van der Waals surface area contributed by atoms with E-state index in [-0.39, 0.29) is 0 Å². The van der Waals surface area contributed by atoms with Gasteiger partial charge in [-0.3, -0.25) is 0 Å². The molecular weight excluding hydrogens is 264 g/mol. The van der Waals surface area contributed by atoms with Gasteiger partial charge in [0.25, 0.3) is 0 Å². The van der Waals surface area contributed by atoms with E-state index in [1.165, 1.54) is 5.56 Å². The van der Waals surface area contributed by atoms with Crippen LogP contribution in [0.4, 0.5) is 0 Å². The van der Waals surface area contributed by atoms with E-state index >= 15 is 0 Å². The number of methoxy groups -OCH3 is 1. The first-order valence-corrected chi connectivity index (χ1v) is 6.79. The largest absolute Gasteiger partial charge is 0.493 e. The van der Waals surface area contributed by atoms with E-state index in [0.29, 0.717) is 18.1 Å². The number of benzene rings is 2. The van der Waals surface area contributed by atoms with Crippen LogP contribution >= 0.6 is 0 Å². The van der Waals surface area contributed by atoms with Crippen LogP contribution in [-0.4, -0.2) is 20.4 Å². The SMILES string of the molecule is CN/N=C/c1cccc(OC)c1OCc1cccc(C)c1. The number of nitrogens with zero attached hydrogens (tertiary/aromatic N) is 1. The van der Waals surface area contributed by atoms with E-state index in [4.69, 9.17) is 9.47 Å². The molecule has 0 atom stereocenters. The maximum atomic E-state index is 5.95. The van der Waals surface area contributed by atoms with E-state index < -0.39 is 0 Å². The molecule has 110 valence electrons. The van der Waals surface area contributed by atoms with Crippen LogP contribution in [0.2, 0.25) is 0 Å². The van der Waals surface area contributed by atoms with Gasteiger partial charge in [-0.2, -0.15) is 5.10 Å². The summed E-state index contributed by atoms with van der Waals surface area (Å²) < 4.78 is 11.3. The van der Waals surface area contributed by atoms with Gasteiger partial charge in [-0.1, -0.05) is 35.9 Å². The lowest BCUT2D eigenvalue weighted by molar-refractivity contribution is 0.284. The van der Waals surface area contributed by atoms with Crippen molar-refractivity contribution in [2.24, 2.45) is 5.10 Å². The lowest BCUT2D eigenvalue weighted by Gasteiger charge is -2.13. The highest BCUT2D eigenvalue weighted by molar-refractivity contribution is 5.84. The summed E-state index contributed by atoms with van der Waals surface area (Å²) in [5, 5.41) is 4.04. The minimum atomic E-state index is 0.489. The highest BCUT2D eigenvalue weighted by atomic mass is 16.5. The van der Waals surface area contributed by atoms with Crippen LogP contribution in [0, 0.1) is 6.92 Å². The Morgan fingerprint density at radius 3 is 2.71 bits per heavy atom. The van der Waals surface area contributed by atoms with E-state index in [0.717, 1.165) is 11.1 Å². The number of nitrogens with one attached hydrogen (secondary N) is 1. The molecule has 1 N–H and O–H groups in total. The number of aryl methyl sites for hydroxylation is 1. The third-order valence-corrected chi connectivity index (χ3v) is 3.03. The van der Waals surface area contributed by atoms with Gasteiger partial charge in [0.2, 0.25) is 0 Å². The molecule has 0 radical (unpaired) electrons. The lowest BCUT2D eigenvalue weighted by Crippen LogP contribution is -2.02. The summed E-state index contributed by atoms with van der Waals surface area (Å²) >= 11 is 0. The molecule has 4 heteroatoms. The molecule has 4 nitrogen and oxygen atoms in total. The molecular formula is C17H20N2O2. The number of hydrazone groups is 1. The van der Waals surface area contributed by atoms with Crippen molar-refractivity contribution in [3.8, 4) is 11.5 Å². The van der Waals surface area contributed by atoms with Crippen LogP contribution in [0.5, 0.6) is 11.5 Å². The van der Waals surface area contributed by atoms with E-state index in [2.05, 4.69) is 29.6 Å². The first kappa shape index (κ1) is 14.9. The first-order valence-electron chi connectivity index (χ1n) is 6.79. The molecule has 0 fully saturated rings. The Kier molecular flexibility index (Phi) is 5.21. The first-order chi connectivity index (χ1) is 10.2. The summed E-state index contributed by atoms with van der Waals surface area (Å²) in [4.78, 5) is 0. The van der Waals surface area contributed by atoms with Gasteiger partial charge in [-0.05, 0) is 24.6 Å². The zero-order chi connectivity index (χ0) is 15.1. The van der Waals surface area contributed by atoms with Crippen molar-refractivity contribution >= 4 is 6.21 Å². The lowest BCUT2D eigenvalue weighted by atomic mass is 10.1. The Bertz CT molecular complexity index is 624. The Labute approximate surface area is 125 Å². The standard InChI is InChI=1S/C17H20N2O2/c1-13-6-4-7-14(10-13)12-21-17-15(11-19-18-2)8-5-9-16(17)20-3/h4-11,18H,12H2,1-3H3/b19-11+. The van der Waals surface area contributed by atoms with Crippen molar-refractivity contribution in [3.63, 3.8) is 0 Å². The molecule has 0 aromatic heterocycles. The fourth-order valence-corrected chi connectivity index (χ4v) is 2.04. The molecule has 2 aromatic carbocycles. The highest BCUT2D eigenvalue weighted by Gasteiger charge is 2.09. The van der Waals surface area contributed by atoms with Crippen LogP contribution in [0.25, 0.3) is 0 Å². The average molecular weight is 284 g/mol. The second kappa shape index (κ2) is 7.33. The normalized spacial score (nSPS) is 10.6. The number of ether oxygens (including phenoxy) is 2. The minimum Gasteiger partial charge on any atom is -0.493 e. The molecule has 0 saturated heterocycles. The Morgan fingerprint density at radius 2 is 2.00 bits per heavy atom. The molecule has 0 aliphatic rings. The number of rotatable bonds is 6. The van der Waals surface area contributed by atoms with Crippen molar-refractivity contribution < 1.29 is 9.47 Å². The number of hydrogen-bond acceptors (Lipinski definition) is 4. The van der Waals surface area contributed by atoms with E-state index in [1.807, 2.05) is 30.3 Å². The summed E-state index contributed by atoms with van der Waals surface area (Å²) in [6.45, 7) is 2.56. The quantitative estimate of drug-likeness (QED) is 0.654. The monoisotopic (exact) mass is 284 g/mol. The second-order valence-corrected chi connectivity index (χ2v) is 4.64. The third kappa shape index (κ3) is 3.99. The molecule has 2 aromatic rings. The fourth-order valence-electron chi connectivity index (χ4n) is 2.04. The van der Waals surface area contributed by atoms with Gasteiger partial charge in [0.1, 0.15) is 6.61 Å². The molecule has 0 aliphatic carbocycles. The summed E-state index contributed by atoms with van der Waals surface area (Å²) in [6, 6.07) is 14.0. The number of para-hydroxylation sites is 1. The smallest absolute Gasteiger partial charge is 0.170 e. The summed E-state index contributed by atoms with van der Waals surface area (Å²) in [5.41, 5.74) is 5.95. The molecule has 0 aliphatic heterocycles. The van der Waals surface area contributed by atoms with E-state index in [9.17, 15) is 0 Å². The number of hydrogen-bond donors (Lipinski definition) is 1. The molecule has 0 spiro atoms. The Hall–Kier alpha value is -2.49. The molecule has 0 unspecified atom stereocenters. The fraction of sp³-hybridized carbons (Fsp3) is 0.235. The maximum Gasteiger partial charge on any atom is 0.170 e. The molecule has 0 amide bonds. The third-order valence-electron chi connectivity index (χ3n) is 3.03. The zero-order valence-electron chi connectivity index (χ0n) is 12.6. The second-order valence-electron chi connectivity index (χ2n) is 4.64. The highest BCUT2D eigenvalue weighted by Crippen LogP contribution is 2.30. The van der Waals surface area contributed by atoms with Gasteiger partial charge in [0.15, 0.2) is 11.5 Å². The van der Waals surface area contributed by atoms with Crippen LogP contribution in [0.3, 0.4) is 0 Å². The van der Waals surface area contributed by atoms with Gasteiger partial charge < -0.3 is 14.9 Å². The predicted molar refractivity (Wildman–Crippen MR) is 85.2 cm³/mol. The van der Waals surface area contributed by atoms with Gasteiger partial charge >= 0.3 is 0 Å². The summed E-state index contributed by atoms with van der Waals surface area (Å²) in [6.07, 6.45) is 1.72. The van der Waals surface area contributed by atoms with Crippen molar-refractivity contribution in [3.05, 3.63) is 59.2 Å². The van der Waals surface area contributed by atoms with Gasteiger partial charge in [-0.15, -0.1) is 0 Å². The zero-order valence-corrected chi connectivity index (χ0v) is 12.6. The van der Waals surface area contributed by atoms with Crippen molar-refractivity contribution in [2.75, 3.05) is 14.2 Å². The van der Waals surface area contributed by atoms with Crippen LogP contribution in [-0.2, 0) is 6.61 Å². The van der Waals surface area contributed by atoms with Crippen LogP contribution in [0.15, 0.2) is 47.6 Å². The van der Waals surface area contributed by atoms with Gasteiger partial charge in [0.05, 0.1) is 13.3 Å². The van der Waals surface area contributed by atoms with Gasteiger partial charge in [-0.25, -0.2) is 0 Å². The van der Waals surface area contributed by atoms with E-state index in [1.54, 1.807) is 20.4 Å². The Morgan fingerprint density at radius 1 is 1.19 bits per heavy atom. The topological polar surface area (TPSA) is 42.9 Å². The van der Waals surface area contributed by atoms with Crippen molar-refractivity contribution in [1.82, 2.24) is 5.43 Å². The van der Waals surface area contributed by atoms with Gasteiger partial charge in [0, 0.05) is 12.6 Å². The summed E-state index contributed by atoms with van der Waals surface area (Å²) in [5.74, 6) is 1.39. The molecule has 2 rings (SSSR count). The summed E-state index contributed by atoms with van der Waals surface area (Å²) in [7, 11) is 3.39. The van der Waals surface area contributed by atoms with Crippen LogP contribution in [0.1, 0.15) is 16.7 Å². The van der Waals surface area contributed by atoms with Crippen molar-refractivity contribution in [1.29, 1.82) is 0 Å². The molecule has 0 heterocycles. The van der Waals surface area contributed by atoms with Crippen LogP contribution < -0.4 is 14.9 Å². The van der Waals surface area contributed by atoms with Crippen molar-refractivity contribution in [2.45, 2.75) is 13.5 Å². The molecule has 21 heavy (non-hydrogen) atoms.